The Labute approximate surface area is 113 Å². The first-order valence-electron chi connectivity index (χ1n) is 6.29. The molecule has 18 heavy (non-hydrogen) atoms. The van der Waals surface area contributed by atoms with Crippen molar-refractivity contribution >= 4 is 23.2 Å². The van der Waals surface area contributed by atoms with Crippen molar-refractivity contribution in [1.82, 2.24) is 0 Å². The first-order chi connectivity index (χ1) is 8.72. The van der Waals surface area contributed by atoms with Crippen LogP contribution in [0.1, 0.15) is 32.6 Å². The van der Waals surface area contributed by atoms with E-state index in [1.54, 1.807) is 0 Å². The fourth-order valence-electron chi connectivity index (χ4n) is 1.58. The van der Waals surface area contributed by atoms with Gasteiger partial charge in [-0.3, -0.25) is 4.79 Å². The van der Waals surface area contributed by atoms with Crippen LogP contribution < -0.4 is 10.1 Å². The van der Waals surface area contributed by atoms with Gasteiger partial charge in [-0.15, -0.1) is 11.6 Å². The Morgan fingerprint density at radius 2 is 1.83 bits per heavy atom. The molecule has 1 rings (SSSR count). The lowest BCUT2D eigenvalue weighted by Crippen LogP contribution is -2.05. The van der Waals surface area contributed by atoms with Crippen LogP contribution in [-0.4, -0.2) is 18.4 Å². The number of rotatable bonds is 8. The van der Waals surface area contributed by atoms with Gasteiger partial charge < -0.3 is 10.1 Å². The van der Waals surface area contributed by atoms with Gasteiger partial charge in [0.05, 0.1) is 6.61 Å². The van der Waals surface area contributed by atoms with E-state index in [4.69, 9.17) is 16.3 Å². The van der Waals surface area contributed by atoms with Crippen LogP contribution in [0.4, 0.5) is 5.69 Å². The summed E-state index contributed by atoms with van der Waals surface area (Å²) in [5, 5.41) is 2.72. The van der Waals surface area contributed by atoms with Crippen LogP contribution in [-0.2, 0) is 4.79 Å². The van der Waals surface area contributed by atoms with Crippen molar-refractivity contribution in [2.24, 2.45) is 0 Å². The van der Waals surface area contributed by atoms with Gasteiger partial charge in [0.1, 0.15) is 5.75 Å². The highest BCUT2D eigenvalue weighted by Gasteiger charge is 1.97. The number of carbonyl (C=O) groups is 1. The van der Waals surface area contributed by atoms with Crippen LogP contribution in [0.3, 0.4) is 0 Å². The predicted molar refractivity (Wildman–Crippen MR) is 75.4 cm³/mol. The number of alkyl halides is 1. The van der Waals surface area contributed by atoms with Gasteiger partial charge in [-0.2, -0.15) is 0 Å². The van der Waals surface area contributed by atoms with Crippen LogP contribution in [0.15, 0.2) is 24.3 Å². The number of ether oxygens (including phenoxy) is 1. The minimum atomic E-state index is -0.0667. The van der Waals surface area contributed by atoms with Crippen molar-refractivity contribution in [3.05, 3.63) is 24.3 Å². The second-order valence-electron chi connectivity index (χ2n) is 4.16. The molecule has 0 bridgehead atoms. The predicted octanol–water partition coefficient (Wildman–Crippen LogP) is 3.82. The number of carbonyl (C=O) groups excluding carboxylic acids is 1. The maximum Gasteiger partial charge on any atom is 0.221 e. The minimum Gasteiger partial charge on any atom is -0.494 e. The quantitative estimate of drug-likeness (QED) is 0.575. The van der Waals surface area contributed by atoms with E-state index >= 15 is 0 Å². The summed E-state index contributed by atoms with van der Waals surface area (Å²) in [5.74, 6) is 1.51. The molecule has 1 aromatic rings. The molecule has 0 radical (unpaired) electrons. The molecule has 0 saturated carbocycles. The molecule has 0 atom stereocenters. The standard InChI is InChI=1S/C14H20ClNO2/c1-12(17)16-13-6-8-14(9-7-13)18-11-5-3-2-4-10-15/h6-9H,2-5,10-11H2,1H3,(H,16,17). The van der Waals surface area contributed by atoms with Crippen molar-refractivity contribution in [2.75, 3.05) is 17.8 Å². The van der Waals surface area contributed by atoms with Crippen molar-refractivity contribution in [2.45, 2.75) is 32.6 Å². The Morgan fingerprint density at radius 1 is 1.17 bits per heavy atom. The lowest BCUT2D eigenvalue weighted by molar-refractivity contribution is -0.114. The Balaban J connectivity index is 2.20. The number of unbranched alkanes of at least 4 members (excludes halogenated alkanes) is 3. The van der Waals surface area contributed by atoms with Gasteiger partial charge >= 0.3 is 0 Å². The van der Waals surface area contributed by atoms with Gasteiger partial charge in [0.25, 0.3) is 0 Å². The van der Waals surface area contributed by atoms with E-state index in [9.17, 15) is 4.79 Å². The summed E-state index contributed by atoms with van der Waals surface area (Å²) in [6.07, 6.45) is 4.43. The topological polar surface area (TPSA) is 38.3 Å². The monoisotopic (exact) mass is 269 g/mol. The van der Waals surface area contributed by atoms with Gasteiger partial charge in [-0.1, -0.05) is 12.8 Å². The van der Waals surface area contributed by atoms with E-state index in [-0.39, 0.29) is 5.91 Å². The van der Waals surface area contributed by atoms with E-state index in [0.717, 1.165) is 49.6 Å². The van der Waals surface area contributed by atoms with E-state index in [2.05, 4.69) is 5.32 Å². The molecular formula is C14H20ClNO2. The zero-order chi connectivity index (χ0) is 13.2. The maximum absolute atomic E-state index is 10.8. The average Bonchev–Trinajstić information content (AvgIpc) is 2.35. The molecule has 1 N–H and O–H groups in total. The smallest absolute Gasteiger partial charge is 0.221 e. The summed E-state index contributed by atoms with van der Waals surface area (Å²) >= 11 is 5.60. The summed E-state index contributed by atoms with van der Waals surface area (Å²) < 4.78 is 5.60. The van der Waals surface area contributed by atoms with Crippen molar-refractivity contribution in [3.63, 3.8) is 0 Å². The second-order valence-corrected chi connectivity index (χ2v) is 4.54. The first-order valence-corrected chi connectivity index (χ1v) is 6.82. The molecule has 1 aromatic carbocycles. The zero-order valence-corrected chi connectivity index (χ0v) is 11.5. The number of benzene rings is 1. The molecule has 0 spiro atoms. The van der Waals surface area contributed by atoms with Crippen LogP contribution in [0.5, 0.6) is 5.75 Å². The van der Waals surface area contributed by atoms with Gasteiger partial charge in [0, 0.05) is 18.5 Å². The molecule has 0 aromatic heterocycles. The van der Waals surface area contributed by atoms with Gasteiger partial charge in [0.15, 0.2) is 0 Å². The molecule has 0 aliphatic heterocycles. The Kier molecular flexibility index (Phi) is 7.26. The number of nitrogens with one attached hydrogen (secondary N) is 1. The summed E-state index contributed by atoms with van der Waals surface area (Å²) in [6.45, 7) is 2.22. The molecule has 0 heterocycles. The van der Waals surface area contributed by atoms with Crippen molar-refractivity contribution in [3.8, 4) is 5.75 Å². The lowest BCUT2D eigenvalue weighted by atomic mass is 10.2. The number of hydrogen-bond donors (Lipinski definition) is 1. The van der Waals surface area contributed by atoms with E-state index in [1.807, 2.05) is 24.3 Å². The third-order valence-electron chi connectivity index (χ3n) is 2.47. The van der Waals surface area contributed by atoms with E-state index < -0.39 is 0 Å². The molecule has 0 unspecified atom stereocenters. The highest BCUT2D eigenvalue weighted by atomic mass is 35.5. The molecule has 4 heteroatoms. The zero-order valence-electron chi connectivity index (χ0n) is 10.7. The molecule has 0 fully saturated rings. The fraction of sp³-hybridized carbons (Fsp3) is 0.500. The maximum atomic E-state index is 10.8. The number of hydrogen-bond acceptors (Lipinski definition) is 2. The molecule has 0 saturated heterocycles. The second kappa shape index (κ2) is 8.81. The van der Waals surface area contributed by atoms with Crippen LogP contribution in [0.25, 0.3) is 0 Å². The number of amides is 1. The molecular weight excluding hydrogens is 250 g/mol. The minimum absolute atomic E-state index is 0.0667. The molecule has 0 aliphatic rings. The SMILES string of the molecule is CC(=O)Nc1ccc(OCCCCCCCl)cc1. The summed E-state index contributed by atoms with van der Waals surface area (Å²) in [6, 6.07) is 7.41. The molecule has 3 nitrogen and oxygen atoms in total. The van der Waals surface area contributed by atoms with Crippen molar-refractivity contribution < 1.29 is 9.53 Å². The summed E-state index contributed by atoms with van der Waals surface area (Å²) in [5.41, 5.74) is 0.789. The van der Waals surface area contributed by atoms with Crippen LogP contribution in [0, 0.1) is 0 Å². The highest BCUT2D eigenvalue weighted by molar-refractivity contribution is 6.17. The summed E-state index contributed by atoms with van der Waals surface area (Å²) in [4.78, 5) is 10.8. The largest absolute Gasteiger partial charge is 0.494 e. The lowest BCUT2D eigenvalue weighted by Gasteiger charge is -2.07. The van der Waals surface area contributed by atoms with Gasteiger partial charge in [-0.25, -0.2) is 0 Å². The third kappa shape index (κ3) is 6.50. The van der Waals surface area contributed by atoms with Crippen LogP contribution in [0.2, 0.25) is 0 Å². The molecule has 100 valence electrons. The van der Waals surface area contributed by atoms with Crippen molar-refractivity contribution in [1.29, 1.82) is 0 Å². The Hall–Kier alpha value is -1.22. The van der Waals surface area contributed by atoms with E-state index in [1.165, 1.54) is 6.92 Å². The Morgan fingerprint density at radius 3 is 2.44 bits per heavy atom. The number of halogens is 1. The summed E-state index contributed by atoms with van der Waals surface area (Å²) in [7, 11) is 0. The third-order valence-corrected chi connectivity index (χ3v) is 2.74. The normalized spacial score (nSPS) is 10.1. The van der Waals surface area contributed by atoms with Crippen LogP contribution >= 0.6 is 11.6 Å². The van der Waals surface area contributed by atoms with Gasteiger partial charge in [-0.05, 0) is 37.1 Å². The highest BCUT2D eigenvalue weighted by Crippen LogP contribution is 2.16. The van der Waals surface area contributed by atoms with Gasteiger partial charge in [0.2, 0.25) is 5.91 Å². The Bertz CT molecular complexity index is 351. The van der Waals surface area contributed by atoms with E-state index in [0.29, 0.717) is 0 Å². The molecule has 0 aliphatic carbocycles. The fourth-order valence-corrected chi connectivity index (χ4v) is 1.77. The molecule has 1 amide bonds. The average molecular weight is 270 g/mol. The first kappa shape index (κ1) is 14.8. The number of anilines is 1.